The van der Waals surface area contributed by atoms with E-state index in [1.807, 2.05) is 0 Å². The molecule has 1 heterocycles. The van der Waals surface area contributed by atoms with Crippen LogP contribution in [0.5, 0.6) is 5.88 Å². The molecule has 16 heavy (non-hydrogen) atoms. The summed E-state index contributed by atoms with van der Waals surface area (Å²) in [5.74, 6) is -0.137. The monoisotopic (exact) mass is 226 g/mol. The van der Waals surface area contributed by atoms with Gasteiger partial charge in [0.2, 0.25) is 5.88 Å². The first-order valence-corrected chi connectivity index (χ1v) is 4.81. The maximum Gasteiger partial charge on any atom is 0.358 e. The molecule has 0 amide bonds. The van der Waals surface area contributed by atoms with Crippen LogP contribution in [0.3, 0.4) is 0 Å². The van der Waals surface area contributed by atoms with Gasteiger partial charge < -0.3 is 14.2 Å². The molecule has 1 rings (SSSR count). The SMILES string of the molecule is COCCCOc1ccc(C(=O)OC)nn1. The second-order valence-electron chi connectivity index (χ2n) is 2.94. The Labute approximate surface area is 93.5 Å². The van der Waals surface area contributed by atoms with Crippen LogP contribution in [0.25, 0.3) is 0 Å². The number of hydrogen-bond acceptors (Lipinski definition) is 6. The fourth-order valence-corrected chi connectivity index (χ4v) is 0.990. The lowest BCUT2D eigenvalue weighted by molar-refractivity contribution is 0.0592. The van der Waals surface area contributed by atoms with Crippen molar-refractivity contribution in [2.75, 3.05) is 27.4 Å². The van der Waals surface area contributed by atoms with E-state index in [9.17, 15) is 4.79 Å². The molecule has 6 heteroatoms. The minimum absolute atomic E-state index is 0.159. The van der Waals surface area contributed by atoms with Gasteiger partial charge in [0.05, 0.1) is 13.7 Å². The third-order valence-electron chi connectivity index (χ3n) is 1.78. The Bertz CT molecular complexity index is 326. The summed E-state index contributed by atoms with van der Waals surface area (Å²) in [5, 5.41) is 7.40. The van der Waals surface area contributed by atoms with E-state index in [-0.39, 0.29) is 5.69 Å². The van der Waals surface area contributed by atoms with Gasteiger partial charge >= 0.3 is 5.97 Å². The topological polar surface area (TPSA) is 70.5 Å². The summed E-state index contributed by atoms with van der Waals surface area (Å²) in [6.45, 7) is 1.13. The molecular weight excluding hydrogens is 212 g/mol. The molecule has 0 unspecified atom stereocenters. The smallest absolute Gasteiger partial charge is 0.358 e. The Kier molecular flexibility index (Phi) is 5.21. The zero-order chi connectivity index (χ0) is 11.8. The van der Waals surface area contributed by atoms with E-state index in [1.165, 1.54) is 13.2 Å². The Morgan fingerprint density at radius 3 is 2.62 bits per heavy atom. The van der Waals surface area contributed by atoms with Crippen LogP contribution in [0.2, 0.25) is 0 Å². The molecule has 0 bridgehead atoms. The maximum atomic E-state index is 11.0. The molecule has 0 aromatic carbocycles. The number of methoxy groups -OCH3 is 2. The van der Waals surface area contributed by atoms with E-state index in [0.29, 0.717) is 19.1 Å². The predicted molar refractivity (Wildman–Crippen MR) is 55.4 cm³/mol. The molecule has 0 aliphatic rings. The van der Waals surface area contributed by atoms with Crippen LogP contribution in [-0.4, -0.2) is 43.6 Å². The first kappa shape index (κ1) is 12.4. The van der Waals surface area contributed by atoms with Crippen molar-refractivity contribution in [1.29, 1.82) is 0 Å². The van der Waals surface area contributed by atoms with E-state index in [1.54, 1.807) is 13.2 Å². The largest absolute Gasteiger partial charge is 0.477 e. The second-order valence-corrected chi connectivity index (χ2v) is 2.94. The summed E-state index contributed by atoms with van der Waals surface area (Å²) in [5.41, 5.74) is 0.159. The lowest BCUT2D eigenvalue weighted by Gasteiger charge is -2.04. The number of carbonyl (C=O) groups is 1. The van der Waals surface area contributed by atoms with Crippen LogP contribution < -0.4 is 4.74 Å². The average Bonchev–Trinajstić information content (AvgIpc) is 2.34. The molecule has 0 aliphatic carbocycles. The van der Waals surface area contributed by atoms with Crippen LogP contribution in [0.15, 0.2) is 12.1 Å². The molecule has 0 N–H and O–H groups in total. The van der Waals surface area contributed by atoms with Crippen LogP contribution in [0.4, 0.5) is 0 Å². The van der Waals surface area contributed by atoms with Crippen molar-refractivity contribution in [2.45, 2.75) is 6.42 Å². The van der Waals surface area contributed by atoms with Crippen LogP contribution >= 0.6 is 0 Å². The van der Waals surface area contributed by atoms with Crippen molar-refractivity contribution < 1.29 is 19.0 Å². The maximum absolute atomic E-state index is 11.0. The van der Waals surface area contributed by atoms with Crippen molar-refractivity contribution in [3.05, 3.63) is 17.8 Å². The number of ether oxygens (including phenoxy) is 3. The average molecular weight is 226 g/mol. The number of hydrogen-bond donors (Lipinski definition) is 0. The first-order chi connectivity index (χ1) is 7.77. The van der Waals surface area contributed by atoms with E-state index in [4.69, 9.17) is 9.47 Å². The number of aromatic nitrogens is 2. The van der Waals surface area contributed by atoms with Crippen molar-refractivity contribution in [3.8, 4) is 5.88 Å². The van der Waals surface area contributed by atoms with Crippen molar-refractivity contribution in [1.82, 2.24) is 10.2 Å². The predicted octanol–water partition coefficient (Wildman–Crippen LogP) is 0.678. The molecule has 1 aromatic heterocycles. The Morgan fingerprint density at radius 1 is 1.25 bits per heavy atom. The highest BCUT2D eigenvalue weighted by Crippen LogP contribution is 2.05. The van der Waals surface area contributed by atoms with E-state index < -0.39 is 5.97 Å². The highest BCUT2D eigenvalue weighted by Gasteiger charge is 2.07. The fraction of sp³-hybridized carbons (Fsp3) is 0.500. The summed E-state index contributed by atoms with van der Waals surface area (Å²) >= 11 is 0. The van der Waals surface area contributed by atoms with Gasteiger partial charge in [0, 0.05) is 26.2 Å². The Balaban J connectivity index is 2.42. The van der Waals surface area contributed by atoms with Crippen molar-refractivity contribution in [3.63, 3.8) is 0 Å². The third kappa shape index (κ3) is 3.82. The lowest BCUT2D eigenvalue weighted by atomic mass is 10.4. The number of rotatable bonds is 6. The molecule has 6 nitrogen and oxygen atoms in total. The van der Waals surface area contributed by atoms with Gasteiger partial charge in [-0.3, -0.25) is 0 Å². The minimum Gasteiger partial charge on any atom is -0.477 e. The van der Waals surface area contributed by atoms with Crippen molar-refractivity contribution in [2.24, 2.45) is 0 Å². The van der Waals surface area contributed by atoms with E-state index in [0.717, 1.165) is 6.42 Å². The van der Waals surface area contributed by atoms with Gasteiger partial charge in [-0.2, -0.15) is 0 Å². The third-order valence-corrected chi connectivity index (χ3v) is 1.78. The molecule has 0 saturated heterocycles. The van der Waals surface area contributed by atoms with Gasteiger partial charge in [0.1, 0.15) is 0 Å². The van der Waals surface area contributed by atoms with Gasteiger partial charge in [-0.15, -0.1) is 10.2 Å². The molecule has 0 spiro atoms. The normalized spacial score (nSPS) is 9.88. The number of esters is 1. The summed E-state index contributed by atoms with van der Waals surface area (Å²) in [7, 11) is 2.92. The zero-order valence-corrected chi connectivity index (χ0v) is 9.30. The first-order valence-electron chi connectivity index (χ1n) is 4.81. The zero-order valence-electron chi connectivity index (χ0n) is 9.30. The Morgan fingerprint density at radius 2 is 2.06 bits per heavy atom. The quantitative estimate of drug-likeness (QED) is 0.524. The summed E-state index contributed by atoms with van der Waals surface area (Å²) in [6.07, 6.45) is 0.775. The van der Waals surface area contributed by atoms with Gasteiger partial charge in [0.25, 0.3) is 0 Å². The molecule has 88 valence electrons. The Hall–Kier alpha value is -1.69. The molecular formula is C10H14N2O4. The highest BCUT2D eigenvalue weighted by atomic mass is 16.5. The number of carbonyl (C=O) groups excluding carboxylic acids is 1. The summed E-state index contributed by atoms with van der Waals surface area (Å²) < 4.78 is 14.6. The van der Waals surface area contributed by atoms with E-state index in [2.05, 4.69) is 14.9 Å². The van der Waals surface area contributed by atoms with E-state index >= 15 is 0 Å². The van der Waals surface area contributed by atoms with Crippen LogP contribution in [-0.2, 0) is 9.47 Å². The molecule has 1 aromatic rings. The molecule has 0 aliphatic heterocycles. The standard InChI is InChI=1S/C10H14N2O4/c1-14-6-3-7-16-9-5-4-8(11-12-9)10(13)15-2/h4-5H,3,6-7H2,1-2H3. The van der Waals surface area contributed by atoms with Crippen molar-refractivity contribution >= 4 is 5.97 Å². The molecule has 0 saturated carbocycles. The van der Waals surface area contributed by atoms with Gasteiger partial charge in [0.15, 0.2) is 5.69 Å². The van der Waals surface area contributed by atoms with Gasteiger partial charge in [-0.1, -0.05) is 0 Å². The van der Waals surface area contributed by atoms with Gasteiger partial charge in [-0.25, -0.2) is 4.79 Å². The summed E-state index contributed by atoms with van der Waals surface area (Å²) in [4.78, 5) is 11.0. The van der Waals surface area contributed by atoms with Crippen LogP contribution in [0, 0.1) is 0 Å². The lowest BCUT2D eigenvalue weighted by Crippen LogP contribution is -2.07. The highest BCUT2D eigenvalue weighted by molar-refractivity contribution is 5.86. The molecule has 0 atom stereocenters. The van der Waals surface area contributed by atoms with Crippen LogP contribution in [0.1, 0.15) is 16.9 Å². The fourth-order valence-electron chi connectivity index (χ4n) is 0.990. The number of nitrogens with zero attached hydrogens (tertiary/aromatic N) is 2. The second kappa shape index (κ2) is 6.73. The molecule has 0 fully saturated rings. The minimum atomic E-state index is -0.515. The molecule has 0 radical (unpaired) electrons. The van der Waals surface area contributed by atoms with Gasteiger partial charge in [-0.05, 0) is 6.07 Å². The summed E-state index contributed by atoms with van der Waals surface area (Å²) in [6, 6.07) is 3.08.